The molecule has 0 fully saturated rings. The fourth-order valence-corrected chi connectivity index (χ4v) is 2.80. The van der Waals surface area contributed by atoms with E-state index in [2.05, 4.69) is 20.9 Å². The number of hydrogen-bond acceptors (Lipinski definition) is 4. The molecule has 0 atom stereocenters. The molecule has 0 saturated heterocycles. The van der Waals surface area contributed by atoms with E-state index in [1.807, 2.05) is 25.1 Å². The third kappa shape index (κ3) is 7.62. The van der Waals surface area contributed by atoms with E-state index in [4.69, 9.17) is 9.47 Å². The third-order valence-electron chi connectivity index (χ3n) is 4.21. The van der Waals surface area contributed by atoms with Gasteiger partial charge in [-0.3, -0.25) is 9.79 Å². The summed E-state index contributed by atoms with van der Waals surface area (Å²) in [5.74, 6) is 1.30. The van der Waals surface area contributed by atoms with Gasteiger partial charge in [0.1, 0.15) is 5.82 Å². The fourth-order valence-electron chi connectivity index (χ4n) is 2.80. The highest BCUT2D eigenvalue weighted by atomic mass is 19.1. The Balaban J connectivity index is 1.73. The summed E-state index contributed by atoms with van der Waals surface area (Å²) in [5, 5.41) is 8.74. The molecule has 30 heavy (non-hydrogen) atoms. The summed E-state index contributed by atoms with van der Waals surface area (Å²) in [6.45, 7) is 3.22. The van der Waals surface area contributed by atoms with Crippen LogP contribution in [0.4, 0.5) is 10.1 Å². The molecular formula is C22H29FN4O3. The number of carbonyl (C=O) groups excluding carboxylic acids is 1. The van der Waals surface area contributed by atoms with Gasteiger partial charge in [0.05, 0.1) is 20.3 Å². The van der Waals surface area contributed by atoms with Crippen molar-refractivity contribution in [2.24, 2.45) is 4.99 Å². The molecule has 0 unspecified atom stereocenters. The second kappa shape index (κ2) is 12.3. The molecule has 2 rings (SSSR count). The van der Waals surface area contributed by atoms with Crippen LogP contribution < -0.4 is 25.4 Å². The Hall–Kier alpha value is -3.29. The van der Waals surface area contributed by atoms with Crippen LogP contribution in [0.25, 0.3) is 0 Å². The van der Waals surface area contributed by atoms with Crippen molar-refractivity contribution < 1.29 is 18.7 Å². The van der Waals surface area contributed by atoms with Gasteiger partial charge in [0.15, 0.2) is 17.5 Å². The van der Waals surface area contributed by atoms with Gasteiger partial charge in [0.25, 0.3) is 0 Å². The molecule has 0 spiro atoms. The van der Waals surface area contributed by atoms with Gasteiger partial charge in [-0.25, -0.2) is 4.39 Å². The van der Waals surface area contributed by atoms with Crippen LogP contribution in [0.15, 0.2) is 47.5 Å². The maximum Gasteiger partial charge on any atom is 0.243 e. The average Bonchev–Trinajstić information content (AvgIpc) is 2.73. The molecule has 0 bridgehead atoms. The molecule has 0 heterocycles. The van der Waals surface area contributed by atoms with Crippen molar-refractivity contribution in [3.63, 3.8) is 0 Å². The predicted octanol–water partition coefficient (Wildman–Crippen LogP) is 2.97. The lowest BCUT2D eigenvalue weighted by Gasteiger charge is -2.13. The van der Waals surface area contributed by atoms with Gasteiger partial charge in [-0.05, 0) is 55.7 Å². The number of aliphatic imine (C=N–C) groups is 1. The van der Waals surface area contributed by atoms with E-state index in [-0.39, 0.29) is 12.5 Å². The highest BCUT2D eigenvalue weighted by Gasteiger charge is 2.07. The second-order valence-corrected chi connectivity index (χ2v) is 6.43. The van der Waals surface area contributed by atoms with Crippen LogP contribution in [0.2, 0.25) is 0 Å². The Labute approximate surface area is 176 Å². The van der Waals surface area contributed by atoms with E-state index in [0.717, 1.165) is 29.9 Å². The van der Waals surface area contributed by atoms with Crippen molar-refractivity contribution in [1.82, 2.24) is 10.6 Å². The van der Waals surface area contributed by atoms with Gasteiger partial charge < -0.3 is 25.4 Å². The number of methoxy groups -OCH3 is 1. The van der Waals surface area contributed by atoms with Crippen LogP contribution in [-0.4, -0.2) is 45.7 Å². The lowest BCUT2D eigenvalue weighted by Crippen LogP contribution is -2.41. The highest BCUT2D eigenvalue weighted by Crippen LogP contribution is 2.28. The van der Waals surface area contributed by atoms with Crippen molar-refractivity contribution in [1.29, 1.82) is 0 Å². The maximum atomic E-state index is 13.2. The standard InChI is InChI=1S/C22H29FN4O3/c1-4-30-20-13-16(10-11-19(20)29-3)7-6-12-25-22(24-2)26-15-21(28)27-18-9-5-8-17(23)14-18/h5,8-11,13-14H,4,6-7,12,15H2,1-3H3,(H,27,28)(H2,24,25,26). The lowest BCUT2D eigenvalue weighted by atomic mass is 10.1. The van der Waals surface area contributed by atoms with Crippen molar-refractivity contribution in [2.75, 3.05) is 39.2 Å². The zero-order valence-corrected chi connectivity index (χ0v) is 17.6. The quantitative estimate of drug-likeness (QED) is 0.315. The van der Waals surface area contributed by atoms with Gasteiger partial charge in [0, 0.05) is 19.3 Å². The first-order valence-corrected chi connectivity index (χ1v) is 9.85. The Morgan fingerprint density at radius 3 is 2.67 bits per heavy atom. The summed E-state index contributed by atoms with van der Waals surface area (Å²) in [5.41, 5.74) is 1.56. The second-order valence-electron chi connectivity index (χ2n) is 6.43. The van der Waals surface area contributed by atoms with Gasteiger partial charge in [-0.2, -0.15) is 0 Å². The number of benzene rings is 2. The number of halogens is 1. The molecule has 0 aliphatic rings. The molecule has 0 aromatic heterocycles. The van der Waals surface area contributed by atoms with Crippen LogP contribution in [0.5, 0.6) is 11.5 Å². The van der Waals surface area contributed by atoms with Gasteiger partial charge in [-0.1, -0.05) is 12.1 Å². The van der Waals surface area contributed by atoms with E-state index in [1.54, 1.807) is 26.3 Å². The van der Waals surface area contributed by atoms with E-state index in [0.29, 0.717) is 24.8 Å². The normalized spacial score (nSPS) is 11.0. The first kappa shape index (κ1) is 23.0. The van der Waals surface area contributed by atoms with E-state index >= 15 is 0 Å². The van der Waals surface area contributed by atoms with Gasteiger partial charge in [0.2, 0.25) is 5.91 Å². The summed E-state index contributed by atoms with van der Waals surface area (Å²) >= 11 is 0. The number of hydrogen-bond donors (Lipinski definition) is 3. The lowest BCUT2D eigenvalue weighted by molar-refractivity contribution is -0.115. The number of anilines is 1. The molecule has 162 valence electrons. The molecule has 2 aromatic rings. The maximum absolute atomic E-state index is 13.2. The number of amides is 1. The Morgan fingerprint density at radius 2 is 1.97 bits per heavy atom. The SMILES string of the molecule is CCOc1cc(CCCNC(=NC)NCC(=O)Nc2cccc(F)c2)ccc1OC. The average molecular weight is 416 g/mol. The van der Waals surface area contributed by atoms with Crippen LogP contribution in [-0.2, 0) is 11.2 Å². The summed E-state index contributed by atoms with van der Waals surface area (Å²) in [7, 11) is 3.26. The molecular weight excluding hydrogens is 387 g/mol. The van der Waals surface area contributed by atoms with Crippen molar-refractivity contribution in [3.8, 4) is 11.5 Å². The summed E-state index contributed by atoms with van der Waals surface area (Å²) in [6.07, 6.45) is 1.72. The van der Waals surface area contributed by atoms with Crippen molar-refractivity contribution >= 4 is 17.6 Å². The molecule has 8 heteroatoms. The topological polar surface area (TPSA) is 84.0 Å². The first-order valence-electron chi connectivity index (χ1n) is 9.85. The molecule has 0 saturated carbocycles. The first-order chi connectivity index (χ1) is 14.5. The molecule has 0 aliphatic heterocycles. The van der Waals surface area contributed by atoms with Gasteiger partial charge in [-0.15, -0.1) is 0 Å². The molecule has 0 radical (unpaired) electrons. The number of guanidine groups is 1. The monoisotopic (exact) mass is 416 g/mol. The van der Waals surface area contributed by atoms with E-state index < -0.39 is 5.82 Å². The minimum Gasteiger partial charge on any atom is -0.493 e. The highest BCUT2D eigenvalue weighted by molar-refractivity contribution is 5.94. The minimum atomic E-state index is -0.400. The largest absolute Gasteiger partial charge is 0.493 e. The summed E-state index contributed by atoms with van der Waals surface area (Å²) in [6, 6.07) is 11.7. The molecule has 1 amide bonds. The van der Waals surface area contributed by atoms with Gasteiger partial charge >= 0.3 is 0 Å². The van der Waals surface area contributed by atoms with Crippen molar-refractivity contribution in [2.45, 2.75) is 19.8 Å². The molecule has 3 N–H and O–H groups in total. The summed E-state index contributed by atoms with van der Waals surface area (Å²) < 4.78 is 24.1. The zero-order chi connectivity index (χ0) is 21.8. The molecule has 2 aromatic carbocycles. The Morgan fingerprint density at radius 1 is 1.13 bits per heavy atom. The number of aryl methyl sites for hydroxylation is 1. The number of ether oxygens (including phenoxy) is 2. The Bertz CT molecular complexity index is 858. The predicted molar refractivity (Wildman–Crippen MR) is 117 cm³/mol. The Kier molecular flexibility index (Phi) is 9.44. The number of nitrogens with zero attached hydrogens (tertiary/aromatic N) is 1. The molecule has 7 nitrogen and oxygen atoms in total. The van der Waals surface area contributed by atoms with Crippen LogP contribution in [0.3, 0.4) is 0 Å². The summed E-state index contributed by atoms with van der Waals surface area (Å²) in [4.78, 5) is 16.1. The number of nitrogens with one attached hydrogen (secondary N) is 3. The molecule has 0 aliphatic carbocycles. The minimum absolute atomic E-state index is 0.0202. The van der Waals surface area contributed by atoms with E-state index in [1.165, 1.54) is 12.1 Å². The van der Waals surface area contributed by atoms with Crippen molar-refractivity contribution in [3.05, 3.63) is 53.8 Å². The zero-order valence-electron chi connectivity index (χ0n) is 17.6. The number of carbonyl (C=O) groups is 1. The third-order valence-corrected chi connectivity index (χ3v) is 4.21. The fraction of sp³-hybridized carbons (Fsp3) is 0.364. The van der Waals surface area contributed by atoms with Crippen LogP contribution >= 0.6 is 0 Å². The van der Waals surface area contributed by atoms with Crippen LogP contribution in [0, 0.1) is 5.82 Å². The van der Waals surface area contributed by atoms with Crippen LogP contribution in [0.1, 0.15) is 18.9 Å². The van der Waals surface area contributed by atoms with E-state index in [9.17, 15) is 9.18 Å². The number of rotatable bonds is 10. The smallest absolute Gasteiger partial charge is 0.243 e.